The van der Waals surface area contributed by atoms with Crippen molar-refractivity contribution in [2.75, 3.05) is 11.5 Å². The average Bonchev–Trinajstić information content (AvgIpc) is 2.66. The summed E-state index contributed by atoms with van der Waals surface area (Å²) in [5.74, 6) is 1.00. The van der Waals surface area contributed by atoms with Crippen LogP contribution in [0.1, 0.15) is 54.3 Å². The summed E-state index contributed by atoms with van der Waals surface area (Å²) >= 11 is 0. The molecule has 3 nitrogen and oxygen atoms in total. The Morgan fingerprint density at radius 2 is 1.69 bits per heavy atom. The van der Waals surface area contributed by atoms with Crippen LogP contribution in [0.2, 0.25) is 0 Å². The summed E-state index contributed by atoms with van der Waals surface area (Å²) in [7, 11) is -2.91. The molecule has 0 radical (unpaired) electrons. The first-order chi connectivity index (χ1) is 12.6. The van der Waals surface area contributed by atoms with Crippen LogP contribution in [-0.2, 0) is 16.3 Å². The first-order valence-electron chi connectivity index (χ1n) is 9.72. The van der Waals surface area contributed by atoms with E-state index in [4.69, 9.17) is 0 Å². The normalized spacial score (nSPS) is 26.0. The highest BCUT2D eigenvalue weighted by Crippen LogP contribution is 2.40. The first kappa shape index (κ1) is 17.7. The van der Waals surface area contributed by atoms with Gasteiger partial charge < -0.3 is 5.32 Å². The van der Waals surface area contributed by atoms with Gasteiger partial charge in [-0.3, -0.25) is 0 Å². The zero-order chi connectivity index (χ0) is 18.0. The van der Waals surface area contributed by atoms with Gasteiger partial charge in [0.25, 0.3) is 0 Å². The van der Waals surface area contributed by atoms with Crippen molar-refractivity contribution in [2.45, 2.75) is 50.1 Å². The molecule has 1 heterocycles. The van der Waals surface area contributed by atoms with Crippen LogP contribution in [-0.4, -0.2) is 26.0 Å². The molecule has 26 heavy (non-hydrogen) atoms. The largest absolute Gasteiger partial charge is 0.306 e. The van der Waals surface area contributed by atoms with Crippen molar-refractivity contribution in [1.82, 2.24) is 5.32 Å². The summed E-state index contributed by atoms with van der Waals surface area (Å²) in [6.07, 6.45) is 5.18. The number of hydrogen-bond donors (Lipinski definition) is 1. The minimum atomic E-state index is -2.91. The lowest BCUT2D eigenvalue weighted by Gasteiger charge is -2.37. The van der Waals surface area contributed by atoms with Crippen LogP contribution in [0.5, 0.6) is 0 Å². The summed E-state index contributed by atoms with van der Waals surface area (Å²) in [5.41, 5.74) is 4.14. The summed E-state index contributed by atoms with van der Waals surface area (Å²) in [5, 5.41) is 3.76. The van der Waals surface area contributed by atoms with Gasteiger partial charge in [0.2, 0.25) is 0 Å². The Kier molecular flexibility index (Phi) is 5.14. The van der Waals surface area contributed by atoms with Gasteiger partial charge in [-0.2, -0.15) is 0 Å². The summed E-state index contributed by atoms with van der Waals surface area (Å²) in [4.78, 5) is 0. The van der Waals surface area contributed by atoms with E-state index in [2.05, 4.69) is 53.8 Å². The van der Waals surface area contributed by atoms with Crippen LogP contribution in [0, 0.1) is 0 Å². The van der Waals surface area contributed by atoms with E-state index in [1.54, 1.807) is 0 Å². The van der Waals surface area contributed by atoms with Crippen molar-refractivity contribution in [3.8, 4) is 0 Å². The van der Waals surface area contributed by atoms with E-state index in [1.165, 1.54) is 23.1 Å². The van der Waals surface area contributed by atoms with Gasteiger partial charge in [0.05, 0.1) is 11.5 Å². The van der Waals surface area contributed by atoms with Crippen LogP contribution in [0.3, 0.4) is 0 Å². The molecule has 1 fully saturated rings. The molecule has 1 N–H and O–H groups in total. The smallest absolute Gasteiger partial charge is 0.151 e. The van der Waals surface area contributed by atoms with Gasteiger partial charge >= 0.3 is 0 Å². The van der Waals surface area contributed by atoms with Crippen LogP contribution >= 0.6 is 0 Å². The van der Waals surface area contributed by atoms with Gasteiger partial charge in [-0.15, -0.1) is 0 Å². The maximum Gasteiger partial charge on any atom is 0.151 e. The Morgan fingerprint density at radius 1 is 0.923 bits per heavy atom. The van der Waals surface area contributed by atoms with E-state index in [0.717, 1.165) is 25.7 Å². The van der Waals surface area contributed by atoms with Gasteiger partial charge in [-0.05, 0) is 48.8 Å². The zero-order valence-electron chi connectivity index (χ0n) is 15.1. The van der Waals surface area contributed by atoms with E-state index >= 15 is 0 Å². The molecule has 0 amide bonds. The molecule has 3 atom stereocenters. The van der Waals surface area contributed by atoms with E-state index in [9.17, 15) is 8.42 Å². The molecule has 1 aliphatic carbocycles. The lowest BCUT2D eigenvalue weighted by atomic mass is 9.76. The minimum Gasteiger partial charge on any atom is -0.306 e. The second-order valence-corrected chi connectivity index (χ2v) is 9.93. The van der Waals surface area contributed by atoms with Gasteiger partial charge in [0.15, 0.2) is 9.84 Å². The van der Waals surface area contributed by atoms with Crippen molar-refractivity contribution in [2.24, 2.45) is 0 Å². The third-order valence-corrected chi connectivity index (χ3v) is 7.68. The van der Waals surface area contributed by atoms with E-state index in [0.29, 0.717) is 11.7 Å². The highest BCUT2D eigenvalue weighted by Gasteiger charge is 2.33. The number of aryl methyl sites for hydroxylation is 1. The van der Waals surface area contributed by atoms with Crippen LogP contribution in [0.15, 0.2) is 54.6 Å². The molecule has 2 aromatic carbocycles. The van der Waals surface area contributed by atoms with Crippen molar-refractivity contribution in [1.29, 1.82) is 0 Å². The molecule has 138 valence electrons. The quantitative estimate of drug-likeness (QED) is 0.885. The zero-order valence-corrected chi connectivity index (χ0v) is 15.9. The van der Waals surface area contributed by atoms with Crippen LogP contribution in [0.4, 0.5) is 0 Å². The van der Waals surface area contributed by atoms with Gasteiger partial charge in [0.1, 0.15) is 0 Å². The highest BCUT2D eigenvalue weighted by atomic mass is 32.2. The van der Waals surface area contributed by atoms with Crippen molar-refractivity contribution in [3.05, 3.63) is 71.3 Å². The number of fused-ring (bicyclic) bond motifs is 1. The number of nitrogens with one attached hydrogen (secondary N) is 1. The van der Waals surface area contributed by atoms with Crippen molar-refractivity contribution >= 4 is 9.84 Å². The van der Waals surface area contributed by atoms with Crippen molar-refractivity contribution in [3.63, 3.8) is 0 Å². The van der Waals surface area contributed by atoms with E-state index in [-0.39, 0.29) is 17.8 Å². The fourth-order valence-corrected chi connectivity index (χ4v) is 6.30. The third-order valence-electron chi connectivity index (χ3n) is 5.86. The molecule has 4 rings (SSSR count). The molecule has 4 heteroatoms. The average molecular weight is 370 g/mol. The van der Waals surface area contributed by atoms with Crippen LogP contribution < -0.4 is 5.32 Å². The van der Waals surface area contributed by atoms with Crippen molar-refractivity contribution < 1.29 is 8.42 Å². The summed E-state index contributed by atoms with van der Waals surface area (Å²) < 4.78 is 24.2. The molecule has 1 aliphatic heterocycles. The first-order valence-corrected chi connectivity index (χ1v) is 11.5. The Morgan fingerprint density at radius 3 is 2.50 bits per heavy atom. The molecule has 0 saturated carbocycles. The SMILES string of the molecule is O=S1(=O)CCC[C@H](N[C@H](c2ccccc2)[C@@H]2CCCc3ccccc32)C1. The van der Waals surface area contributed by atoms with Crippen LogP contribution in [0.25, 0.3) is 0 Å². The predicted molar refractivity (Wildman–Crippen MR) is 106 cm³/mol. The topological polar surface area (TPSA) is 46.2 Å². The maximum atomic E-state index is 12.1. The lowest BCUT2D eigenvalue weighted by molar-refractivity contribution is 0.352. The number of benzene rings is 2. The molecule has 0 aromatic heterocycles. The van der Waals surface area contributed by atoms with E-state index in [1.807, 2.05) is 6.07 Å². The fraction of sp³-hybridized carbons (Fsp3) is 0.455. The molecule has 1 saturated heterocycles. The minimum absolute atomic E-state index is 0.0491. The lowest BCUT2D eigenvalue weighted by Crippen LogP contribution is -2.44. The second-order valence-electron chi connectivity index (χ2n) is 7.71. The summed E-state index contributed by atoms with van der Waals surface area (Å²) in [6.45, 7) is 0. The number of hydrogen-bond acceptors (Lipinski definition) is 3. The Bertz CT molecular complexity index is 847. The standard InChI is InChI=1S/C22H27NO2S/c24-26(25)15-7-12-19(16-26)23-22(18-9-2-1-3-10-18)21-14-6-11-17-8-4-5-13-20(17)21/h1-5,8-10,13,19,21-23H,6-7,11-12,14-16H2/t19-,21+,22+/m0/s1. The molecule has 2 aliphatic rings. The van der Waals surface area contributed by atoms with Gasteiger partial charge in [-0.25, -0.2) is 8.42 Å². The molecule has 2 aromatic rings. The second kappa shape index (κ2) is 7.53. The monoisotopic (exact) mass is 369 g/mol. The third kappa shape index (κ3) is 3.86. The predicted octanol–water partition coefficient (Wildman–Crippen LogP) is 4.01. The summed E-state index contributed by atoms with van der Waals surface area (Å²) in [6, 6.07) is 19.5. The Hall–Kier alpha value is -1.65. The molecular formula is C22H27NO2S. The molecule has 0 unspecified atom stereocenters. The number of sulfone groups is 1. The fourth-order valence-electron chi connectivity index (χ4n) is 4.65. The molecular weight excluding hydrogens is 342 g/mol. The molecule has 0 spiro atoms. The van der Waals surface area contributed by atoms with Gasteiger partial charge in [0, 0.05) is 18.0 Å². The Labute approximate surface area is 156 Å². The highest BCUT2D eigenvalue weighted by molar-refractivity contribution is 7.91. The molecule has 0 bridgehead atoms. The van der Waals surface area contributed by atoms with Gasteiger partial charge in [-0.1, -0.05) is 54.6 Å². The maximum absolute atomic E-state index is 12.1. The Balaban J connectivity index is 1.66. The number of rotatable bonds is 4. The van der Waals surface area contributed by atoms with E-state index < -0.39 is 9.84 Å².